The van der Waals surface area contributed by atoms with E-state index in [0.717, 1.165) is 6.26 Å². The second kappa shape index (κ2) is 8.51. The molecule has 0 rings (SSSR count). The van der Waals surface area contributed by atoms with Crippen molar-refractivity contribution < 1.29 is 32.6 Å². The number of rotatable bonds is 9. The fourth-order valence-corrected chi connectivity index (χ4v) is 1.97. The molecule has 116 valence electrons. The first-order valence-corrected chi connectivity index (χ1v) is 8.07. The SMILES string of the molecule is CCOC(=O)CCC(=O)NC(CCS(C)(=O)=O)C(=O)O. The number of carbonyl (C=O) groups excluding carboxylic acids is 2. The van der Waals surface area contributed by atoms with Crippen LogP contribution >= 0.6 is 0 Å². The van der Waals surface area contributed by atoms with E-state index in [9.17, 15) is 22.8 Å². The highest BCUT2D eigenvalue weighted by Gasteiger charge is 2.21. The van der Waals surface area contributed by atoms with Gasteiger partial charge in [-0.15, -0.1) is 0 Å². The number of carbonyl (C=O) groups is 3. The zero-order chi connectivity index (χ0) is 15.8. The Hall–Kier alpha value is -1.64. The van der Waals surface area contributed by atoms with Gasteiger partial charge in [0, 0.05) is 12.7 Å². The number of hydrogen-bond donors (Lipinski definition) is 2. The van der Waals surface area contributed by atoms with Crippen molar-refractivity contribution in [2.45, 2.75) is 32.2 Å². The maximum atomic E-state index is 11.5. The monoisotopic (exact) mass is 309 g/mol. The van der Waals surface area contributed by atoms with E-state index in [2.05, 4.69) is 10.1 Å². The van der Waals surface area contributed by atoms with E-state index in [1.807, 2.05) is 0 Å². The van der Waals surface area contributed by atoms with Crippen LogP contribution in [-0.4, -0.2) is 56.0 Å². The summed E-state index contributed by atoms with van der Waals surface area (Å²) in [6, 6.07) is -1.29. The summed E-state index contributed by atoms with van der Waals surface area (Å²) in [6.45, 7) is 1.83. The van der Waals surface area contributed by atoms with E-state index in [4.69, 9.17) is 5.11 Å². The molecule has 0 saturated heterocycles. The average Bonchev–Trinajstić information content (AvgIpc) is 2.30. The standard InChI is InChI=1S/C11H19NO7S/c1-3-19-10(14)5-4-9(13)12-8(11(15)16)6-7-20(2,17)18/h8H,3-7H2,1-2H3,(H,12,13)(H,15,16). The highest BCUT2D eigenvalue weighted by Crippen LogP contribution is 2.00. The number of carboxylic acids is 1. The maximum Gasteiger partial charge on any atom is 0.326 e. The molecule has 0 radical (unpaired) electrons. The molecule has 1 amide bonds. The van der Waals surface area contributed by atoms with Gasteiger partial charge in [-0.05, 0) is 13.3 Å². The molecule has 2 N–H and O–H groups in total. The van der Waals surface area contributed by atoms with Crippen molar-refractivity contribution in [1.29, 1.82) is 0 Å². The average molecular weight is 309 g/mol. The summed E-state index contributed by atoms with van der Waals surface area (Å²) in [6.07, 6.45) is 0.396. The molecular formula is C11H19NO7S. The van der Waals surface area contributed by atoms with Crippen molar-refractivity contribution in [2.75, 3.05) is 18.6 Å². The summed E-state index contributed by atoms with van der Waals surface area (Å²) >= 11 is 0. The molecule has 1 unspecified atom stereocenters. The third-order valence-corrected chi connectivity index (χ3v) is 3.25. The molecule has 0 aromatic heterocycles. The van der Waals surface area contributed by atoms with Crippen LogP contribution in [0.3, 0.4) is 0 Å². The van der Waals surface area contributed by atoms with Crippen molar-refractivity contribution in [2.24, 2.45) is 0 Å². The molecule has 9 heteroatoms. The largest absolute Gasteiger partial charge is 0.480 e. The van der Waals surface area contributed by atoms with Gasteiger partial charge < -0.3 is 15.2 Å². The molecule has 0 aliphatic carbocycles. The van der Waals surface area contributed by atoms with Crippen LogP contribution < -0.4 is 5.32 Å². The quantitative estimate of drug-likeness (QED) is 0.541. The zero-order valence-corrected chi connectivity index (χ0v) is 12.2. The summed E-state index contributed by atoms with van der Waals surface area (Å²) < 4.78 is 26.6. The van der Waals surface area contributed by atoms with Crippen LogP contribution in [0.4, 0.5) is 0 Å². The Bertz CT molecular complexity index is 457. The number of sulfone groups is 1. The normalized spacial score (nSPS) is 12.5. The van der Waals surface area contributed by atoms with Gasteiger partial charge in [0.05, 0.1) is 18.8 Å². The summed E-state index contributed by atoms with van der Waals surface area (Å²) in [7, 11) is -3.31. The Balaban J connectivity index is 4.28. The van der Waals surface area contributed by atoms with Crippen LogP contribution in [0.25, 0.3) is 0 Å². The topological polar surface area (TPSA) is 127 Å². The van der Waals surface area contributed by atoms with E-state index in [1.54, 1.807) is 6.92 Å². The van der Waals surface area contributed by atoms with Gasteiger partial charge >= 0.3 is 11.9 Å². The minimum Gasteiger partial charge on any atom is -0.480 e. The Kier molecular flexibility index (Phi) is 7.82. The van der Waals surface area contributed by atoms with Crippen molar-refractivity contribution in [1.82, 2.24) is 5.32 Å². The molecule has 20 heavy (non-hydrogen) atoms. The second-order valence-electron chi connectivity index (χ2n) is 4.18. The fraction of sp³-hybridized carbons (Fsp3) is 0.727. The Morgan fingerprint density at radius 3 is 2.30 bits per heavy atom. The van der Waals surface area contributed by atoms with E-state index < -0.39 is 33.7 Å². The van der Waals surface area contributed by atoms with Gasteiger partial charge in [0.2, 0.25) is 5.91 Å². The summed E-state index contributed by atoms with van der Waals surface area (Å²) in [4.78, 5) is 33.4. The summed E-state index contributed by atoms with van der Waals surface area (Å²) in [5.74, 6) is -2.86. The molecule has 0 saturated carbocycles. The number of ether oxygens (including phenoxy) is 1. The van der Waals surface area contributed by atoms with Crippen molar-refractivity contribution in [3.8, 4) is 0 Å². The van der Waals surface area contributed by atoms with Crippen LogP contribution in [0.2, 0.25) is 0 Å². The minimum atomic E-state index is -3.31. The van der Waals surface area contributed by atoms with Crippen LogP contribution in [0, 0.1) is 0 Å². The number of hydrogen-bond acceptors (Lipinski definition) is 6. The van der Waals surface area contributed by atoms with Gasteiger partial charge in [-0.25, -0.2) is 13.2 Å². The molecule has 1 atom stereocenters. The molecule has 0 aromatic carbocycles. The third-order valence-electron chi connectivity index (χ3n) is 2.27. The molecule has 0 fully saturated rings. The van der Waals surface area contributed by atoms with Crippen LogP contribution in [0.1, 0.15) is 26.2 Å². The Morgan fingerprint density at radius 2 is 1.85 bits per heavy atom. The molecule has 0 aromatic rings. The first kappa shape index (κ1) is 18.4. The predicted molar refractivity (Wildman–Crippen MR) is 69.8 cm³/mol. The minimum absolute atomic E-state index is 0.155. The lowest BCUT2D eigenvalue weighted by molar-refractivity contribution is -0.144. The van der Waals surface area contributed by atoms with Gasteiger partial charge in [0.1, 0.15) is 15.9 Å². The molecule has 8 nitrogen and oxygen atoms in total. The number of nitrogens with one attached hydrogen (secondary N) is 1. The van der Waals surface area contributed by atoms with E-state index >= 15 is 0 Å². The van der Waals surface area contributed by atoms with Crippen molar-refractivity contribution in [3.63, 3.8) is 0 Å². The number of aliphatic carboxylic acids is 1. The predicted octanol–water partition coefficient (Wildman–Crippen LogP) is -0.666. The molecule has 0 aliphatic rings. The second-order valence-corrected chi connectivity index (χ2v) is 6.44. The van der Waals surface area contributed by atoms with Gasteiger partial charge in [0.25, 0.3) is 0 Å². The lowest BCUT2D eigenvalue weighted by Crippen LogP contribution is -2.42. The maximum absolute atomic E-state index is 11.5. The van der Waals surface area contributed by atoms with Gasteiger partial charge in [-0.1, -0.05) is 0 Å². The highest BCUT2D eigenvalue weighted by atomic mass is 32.2. The third kappa shape index (κ3) is 9.31. The molecule has 0 spiro atoms. The number of carboxylic acid groups (broad SMARTS) is 1. The Labute approximate surface area is 117 Å². The lowest BCUT2D eigenvalue weighted by atomic mass is 10.2. The molecular weight excluding hydrogens is 290 g/mol. The van der Waals surface area contributed by atoms with E-state index in [0.29, 0.717) is 0 Å². The Morgan fingerprint density at radius 1 is 1.25 bits per heavy atom. The highest BCUT2D eigenvalue weighted by molar-refractivity contribution is 7.90. The van der Waals surface area contributed by atoms with E-state index in [1.165, 1.54) is 0 Å². The van der Waals surface area contributed by atoms with Gasteiger partial charge in [-0.2, -0.15) is 0 Å². The molecule has 0 aliphatic heterocycles. The summed E-state index contributed by atoms with van der Waals surface area (Å²) in [5.41, 5.74) is 0. The van der Waals surface area contributed by atoms with Crippen molar-refractivity contribution in [3.05, 3.63) is 0 Å². The lowest BCUT2D eigenvalue weighted by Gasteiger charge is -2.13. The first-order chi connectivity index (χ1) is 9.15. The van der Waals surface area contributed by atoms with Crippen molar-refractivity contribution >= 4 is 27.7 Å². The number of amides is 1. The van der Waals surface area contributed by atoms with Crippen LogP contribution in [0.15, 0.2) is 0 Å². The first-order valence-electron chi connectivity index (χ1n) is 6.01. The van der Waals surface area contributed by atoms with E-state index in [-0.39, 0.29) is 31.6 Å². The fourth-order valence-electron chi connectivity index (χ4n) is 1.30. The van der Waals surface area contributed by atoms with Gasteiger partial charge in [0.15, 0.2) is 0 Å². The molecule has 0 bridgehead atoms. The number of esters is 1. The summed E-state index contributed by atoms with van der Waals surface area (Å²) in [5, 5.41) is 11.1. The van der Waals surface area contributed by atoms with Crippen LogP contribution in [-0.2, 0) is 29.0 Å². The molecule has 0 heterocycles. The smallest absolute Gasteiger partial charge is 0.326 e. The van der Waals surface area contributed by atoms with Crippen LogP contribution in [0.5, 0.6) is 0 Å². The zero-order valence-electron chi connectivity index (χ0n) is 11.4. The van der Waals surface area contributed by atoms with Gasteiger partial charge in [-0.3, -0.25) is 9.59 Å².